The van der Waals surface area contributed by atoms with Crippen molar-refractivity contribution < 1.29 is 13.2 Å². The monoisotopic (exact) mass is 429 g/mol. The molecule has 2 aromatic rings. The Balaban J connectivity index is 1.84. The molecule has 4 nitrogen and oxygen atoms in total. The van der Waals surface area contributed by atoms with Gasteiger partial charge in [0.15, 0.2) is 9.84 Å². The third kappa shape index (κ3) is 7.28. The number of carbonyl (C=O) groups is 1. The number of unbranched alkanes of at least 4 members (excludes halogenated alkanes) is 2. The van der Waals surface area contributed by atoms with Crippen LogP contribution < -0.4 is 4.90 Å². The number of hydrogen-bond donors (Lipinski definition) is 0. The number of hydrogen-bond acceptors (Lipinski definition) is 4. The largest absolute Gasteiger partial charge is 0.339 e. The molecule has 164 valence electrons. The summed E-state index contributed by atoms with van der Waals surface area (Å²) in [6.07, 6.45) is 3.09. The molecule has 0 aromatic heterocycles. The van der Waals surface area contributed by atoms with E-state index in [0.29, 0.717) is 25.3 Å². The molecule has 0 amide bonds. The summed E-state index contributed by atoms with van der Waals surface area (Å²) in [6.45, 7) is 7.75. The maximum atomic E-state index is 12.3. The summed E-state index contributed by atoms with van der Waals surface area (Å²) in [6, 6.07) is 18.8. The number of nitrogens with zero attached hydrogens (tertiary/aromatic N) is 1. The van der Waals surface area contributed by atoms with Crippen molar-refractivity contribution in [3.63, 3.8) is 0 Å². The van der Waals surface area contributed by atoms with Crippen LogP contribution in [0.4, 0.5) is 11.4 Å². The minimum atomic E-state index is -2.97. The maximum Gasteiger partial charge on any atom is 0.152 e. The van der Waals surface area contributed by atoms with Gasteiger partial charge >= 0.3 is 0 Å². The van der Waals surface area contributed by atoms with Gasteiger partial charge in [-0.2, -0.15) is 0 Å². The van der Waals surface area contributed by atoms with E-state index in [2.05, 4.69) is 43.0 Å². The zero-order valence-electron chi connectivity index (χ0n) is 18.7. The van der Waals surface area contributed by atoms with Gasteiger partial charge in [0.05, 0.1) is 11.0 Å². The van der Waals surface area contributed by atoms with E-state index in [0.717, 1.165) is 29.8 Å². The van der Waals surface area contributed by atoms with E-state index in [1.807, 2.05) is 30.3 Å². The van der Waals surface area contributed by atoms with Crippen LogP contribution in [0.2, 0.25) is 0 Å². The molecule has 0 radical (unpaired) electrons. The Morgan fingerprint density at radius 1 is 0.833 bits per heavy atom. The smallest absolute Gasteiger partial charge is 0.152 e. The Morgan fingerprint density at radius 3 is 2.00 bits per heavy atom. The summed E-state index contributed by atoms with van der Waals surface area (Å²) in [5.74, 6) is 0.423. The molecule has 0 heterocycles. The first-order valence-electron chi connectivity index (χ1n) is 10.9. The zero-order valence-corrected chi connectivity index (χ0v) is 19.5. The fraction of sp³-hybridized carbons (Fsp3) is 0.480. The second kappa shape index (κ2) is 11.3. The molecule has 0 aliphatic heterocycles. The molecule has 0 atom stereocenters. The van der Waals surface area contributed by atoms with Crippen LogP contribution in [0.15, 0.2) is 54.6 Å². The number of anilines is 2. The molecular weight excluding hydrogens is 394 g/mol. The van der Waals surface area contributed by atoms with Crippen LogP contribution in [-0.4, -0.2) is 31.2 Å². The van der Waals surface area contributed by atoms with Crippen molar-refractivity contribution >= 4 is 27.0 Å². The molecule has 0 fully saturated rings. The highest BCUT2D eigenvalue weighted by Gasteiger charge is 2.15. The zero-order chi connectivity index (χ0) is 22.1. The van der Waals surface area contributed by atoms with Gasteiger partial charge in [0, 0.05) is 30.3 Å². The third-order valence-corrected chi connectivity index (χ3v) is 7.56. The highest BCUT2D eigenvalue weighted by molar-refractivity contribution is 7.91. The first kappa shape index (κ1) is 24.1. The molecule has 0 spiro atoms. The lowest BCUT2D eigenvalue weighted by Crippen LogP contribution is -2.25. The molecule has 0 bridgehead atoms. The predicted octanol–water partition coefficient (Wildman–Crippen LogP) is 5.73. The van der Waals surface area contributed by atoms with Crippen molar-refractivity contribution in [1.29, 1.82) is 0 Å². The van der Waals surface area contributed by atoms with Crippen molar-refractivity contribution in [2.75, 3.05) is 10.7 Å². The topological polar surface area (TPSA) is 54.5 Å². The normalized spacial score (nSPS) is 11.8. The fourth-order valence-electron chi connectivity index (χ4n) is 3.46. The summed E-state index contributed by atoms with van der Waals surface area (Å²) in [4.78, 5) is 14.6. The van der Waals surface area contributed by atoms with Crippen LogP contribution in [0.25, 0.3) is 0 Å². The van der Waals surface area contributed by atoms with Gasteiger partial charge in [-0.3, -0.25) is 4.79 Å². The second-order valence-corrected chi connectivity index (χ2v) is 11.1. The summed E-state index contributed by atoms with van der Waals surface area (Å²) in [7, 11) is -2.97. The van der Waals surface area contributed by atoms with Gasteiger partial charge in [-0.25, -0.2) is 8.42 Å². The van der Waals surface area contributed by atoms with Crippen LogP contribution in [0.1, 0.15) is 58.9 Å². The predicted molar refractivity (Wildman–Crippen MR) is 126 cm³/mol. The fourth-order valence-corrected chi connectivity index (χ4v) is 4.54. The Labute approximate surface area is 182 Å². The minimum absolute atomic E-state index is 0.207. The van der Waals surface area contributed by atoms with E-state index < -0.39 is 9.84 Å². The Kier molecular flexibility index (Phi) is 9.09. The van der Waals surface area contributed by atoms with Crippen molar-refractivity contribution in [3.05, 3.63) is 60.2 Å². The average Bonchev–Trinajstić information content (AvgIpc) is 2.69. The van der Waals surface area contributed by atoms with E-state index in [4.69, 9.17) is 0 Å². The first-order chi connectivity index (χ1) is 14.2. The lowest BCUT2D eigenvalue weighted by atomic mass is 10.0. The highest BCUT2D eigenvalue weighted by Crippen LogP contribution is 2.28. The van der Waals surface area contributed by atoms with E-state index in [1.165, 1.54) is 0 Å². The molecule has 0 saturated heterocycles. The molecule has 2 aromatic carbocycles. The molecule has 5 heteroatoms. The first-order valence-corrected chi connectivity index (χ1v) is 12.6. The van der Waals surface area contributed by atoms with Gasteiger partial charge < -0.3 is 4.90 Å². The number of Topliss-reactive ketones (excluding diaryl/α,β-unsaturated/α-hetero) is 1. The van der Waals surface area contributed by atoms with Gasteiger partial charge in [-0.15, -0.1) is 0 Å². The lowest BCUT2D eigenvalue weighted by molar-refractivity contribution is -0.118. The van der Waals surface area contributed by atoms with E-state index >= 15 is 0 Å². The van der Waals surface area contributed by atoms with Gasteiger partial charge in [0.25, 0.3) is 0 Å². The van der Waals surface area contributed by atoms with Crippen LogP contribution in [0.3, 0.4) is 0 Å². The molecular formula is C25H35NO3S. The van der Waals surface area contributed by atoms with E-state index in [1.54, 1.807) is 13.8 Å². The Hall–Kier alpha value is -2.14. The quantitative estimate of drug-likeness (QED) is 0.404. The Morgan fingerprint density at radius 2 is 1.43 bits per heavy atom. The van der Waals surface area contributed by atoms with E-state index in [-0.39, 0.29) is 16.8 Å². The number of ketones is 1. The van der Waals surface area contributed by atoms with Crippen LogP contribution >= 0.6 is 0 Å². The lowest BCUT2D eigenvalue weighted by Gasteiger charge is -2.29. The number of para-hydroxylation sites is 1. The van der Waals surface area contributed by atoms with E-state index in [9.17, 15) is 13.2 Å². The van der Waals surface area contributed by atoms with Crippen LogP contribution in [-0.2, 0) is 21.1 Å². The van der Waals surface area contributed by atoms with Crippen molar-refractivity contribution in [3.8, 4) is 0 Å². The second-order valence-electron chi connectivity index (χ2n) is 8.41. The van der Waals surface area contributed by atoms with Gasteiger partial charge in [0.2, 0.25) is 0 Å². The molecule has 0 saturated carbocycles. The SMILES string of the molecule is CC(C)N(c1ccccc1)c1ccc(CC(=O)CCCCCS(=O)(=O)C(C)C)cc1. The number of sulfone groups is 1. The van der Waals surface area contributed by atoms with Crippen molar-refractivity contribution in [2.45, 2.75) is 71.1 Å². The number of benzene rings is 2. The molecule has 0 aliphatic rings. The maximum absolute atomic E-state index is 12.3. The van der Waals surface area contributed by atoms with Gasteiger partial charge in [-0.05, 0) is 70.4 Å². The molecule has 30 heavy (non-hydrogen) atoms. The Bertz CT molecular complexity index is 888. The van der Waals surface area contributed by atoms with Crippen molar-refractivity contribution in [1.82, 2.24) is 0 Å². The van der Waals surface area contributed by atoms with Crippen LogP contribution in [0, 0.1) is 0 Å². The summed E-state index contributed by atoms with van der Waals surface area (Å²) in [5, 5.41) is -0.324. The summed E-state index contributed by atoms with van der Waals surface area (Å²) < 4.78 is 23.6. The number of rotatable bonds is 12. The van der Waals surface area contributed by atoms with Crippen molar-refractivity contribution in [2.24, 2.45) is 0 Å². The van der Waals surface area contributed by atoms with Gasteiger partial charge in [-0.1, -0.05) is 36.8 Å². The summed E-state index contributed by atoms with van der Waals surface area (Å²) >= 11 is 0. The van der Waals surface area contributed by atoms with Crippen LogP contribution in [0.5, 0.6) is 0 Å². The minimum Gasteiger partial charge on any atom is -0.339 e. The molecule has 0 N–H and O–H groups in total. The van der Waals surface area contributed by atoms with Gasteiger partial charge in [0.1, 0.15) is 5.78 Å². The molecule has 0 unspecified atom stereocenters. The average molecular weight is 430 g/mol. The molecule has 0 aliphatic carbocycles. The third-order valence-electron chi connectivity index (χ3n) is 5.27. The highest BCUT2D eigenvalue weighted by atomic mass is 32.2. The standard InChI is InChI=1S/C25H35NO3S/c1-20(2)26(23-11-7-5-8-12-23)24-16-14-22(15-17-24)19-25(27)13-9-6-10-18-30(28,29)21(3)4/h5,7-8,11-12,14-17,20-21H,6,9-10,13,18-19H2,1-4H3. The number of carbonyl (C=O) groups excluding carboxylic acids is 1. The molecule has 2 rings (SSSR count). The summed E-state index contributed by atoms with van der Waals surface area (Å²) in [5.41, 5.74) is 3.28.